The number of anilines is 2. The number of rotatable bonds is 4. The first-order valence-electron chi connectivity index (χ1n) is 8.15. The Kier molecular flexibility index (Phi) is 3.65. The number of nitrogens with zero attached hydrogens (tertiary/aromatic N) is 3. The highest BCUT2D eigenvalue weighted by Gasteiger charge is 2.17. The molecule has 0 atom stereocenters. The summed E-state index contributed by atoms with van der Waals surface area (Å²) in [4.78, 5) is 24.9. The molecular weight excluding hydrogens is 314 g/mol. The molecule has 124 valence electrons. The van der Waals surface area contributed by atoms with E-state index in [1.54, 1.807) is 18.6 Å². The molecule has 0 saturated heterocycles. The van der Waals surface area contributed by atoms with E-state index in [0.717, 1.165) is 46.0 Å². The van der Waals surface area contributed by atoms with Crippen LogP contribution < -0.4 is 11.1 Å². The minimum absolute atomic E-state index is 0.102. The van der Waals surface area contributed by atoms with E-state index in [4.69, 9.17) is 5.73 Å². The van der Waals surface area contributed by atoms with Crippen molar-refractivity contribution in [3.05, 3.63) is 54.0 Å². The van der Waals surface area contributed by atoms with E-state index in [-0.39, 0.29) is 5.91 Å². The van der Waals surface area contributed by atoms with Gasteiger partial charge in [0.15, 0.2) is 0 Å². The molecular formula is C19H17N5O. The third kappa shape index (κ3) is 2.94. The molecule has 0 bridgehead atoms. The molecule has 0 saturated carbocycles. The molecule has 0 spiro atoms. The van der Waals surface area contributed by atoms with Crippen LogP contribution in [0.15, 0.2) is 48.4 Å². The molecule has 3 N–H and O–H groups in total. The number of fused-ring (bicyclic) bond motifs is 1. The summed E-state index contributed by atoms with van der Waals surface area (Å²) in [5.74, 6) is 0.812. The topological polar surface area (TPSA) is 93.8 Å². The monoisotopic (exact) mass is 331 g/mol. The highest BCUT2D eigenvalue weighted by molar-refractivity contribution is 6.07. The van der Waals surface area contributed by atoms with Gasteiger partial charge in [0.05, 0.1) is 5.69 Å². The fourth-order valence-electron chi connectivity index (χ4n) is 2.78. The van der Waals surface area contributed by atoms with Gasteiger partial charge in [0, 0.05) is 35.1 Å². The van der Waals surface area contributed by atoms with Gasteiger partial charge in [-0.2, -0.15) is 0 Å². The van der Waals surface area contributed by atoms with Gasteiger partial charge >= 0.3 is 0 Å². The summed E-state index contributed by atoms with van der Waals surface area (Å²) in [6.45, 7) is 2.09. The first-order valence-corrected chi connectivity index (χ1v) is 8.15. The van der Waals surface area contributed by atoms with Crippen molar-refractivity contribution in [2.24, 2.45) is 0 Å². The summed E-state index contributed by atoms with van der Waals surface area (Å²) < 4.78 is 0. The molecule has 1 aliphatic carbocycles. The van der Waals surface area contributed by atoms with Gasteiger partial charge in [0.1, 0.15) is 11.6 Å². The van der Waals surface area contributed by atoms with Crippen LogP contribution in [0.1, 0.15) is 18.9 Å². The third-order valence-electron chi connectivity index (χ3n) is 4.25. The second-order valence-corrected chi connectivity index (χ2v) is 5.96. The standard InChI is InChI=1S/C19H17N5O/c1-2-11-5-6-21-9-14(11)16-7-13-8-17(24-19(25)12-3-4-12)22-10-15(13)18(20)23-16/h3,5-10H,2,4H2,1H3,(H2,20,23)(H,22,24,25). The van der Waals surface area contributed by atoms with Crippen LogP contribution >= 0.6 is 0 Å². The van der Waals surface area contributed by atoms with Crippen LogP contribution in [0.4, 0.5) is 11.6 Å². The smallest absolute Gasteiger partial charge is 0.252 e. The maximum Gasteiger partial charge on any atom is 0.252 e. The normalized spacial score (nSPS) is 12.8. The minimum Gasteiger partial charge on any atom is -0.383 e. The zero-order valence-electron chi connectivity index (χ0n) is 13.8. The van der Waals surface area contributed by atoms with E-state index < -0.39 is 0 Å². The molecule has 4 rings (SSSR count). The molecule has 1 amide bonds. The Labute approximate surface area is 144 Å². The largest absolute Gasteiger partial charge is 0.383 e. The lowest BCUT2D eigenvalue weighted by molar-refractivity contribution is -0.112. The lowest BCUT2D eigenvalue weighted by Crippen LogP contribution is -2.10. The number of nitrogens with one attached hydrogen (secondary N) is 1. The molecule has 6 heteroatoms. The zero-order valence-corrected chi connectivity index (χ0v) is 13.8. The lowest BCUT2D eigenvalue weighted by atomic mass is 10.0. The van der Waals surface area contributed by atoms with Crippen LogP contribution in [0.25, 0.3) is 22.0 Å². The number of amides is 1. The Morgan fingerprint density at radius 3 is 2.92 bits per heavy atom. The zero-order chi connectivity index (χ0) is 17.4. The fraction of sp³-hybridized carbons (Fsp3) is 0.158. The van der Waals surface area contributed by atoms with Crippen molar-refractivity contribution in [2.45, 2.75) is 19.8 Å². The Morgan fingerprint density at radius 1 is 1.32 bits per heavy atom. The number of aromatic nitrogens is 3. The van der Waals surface area contributed by atoms with Gasteiger partial charge in [-0.15, -0.1) is 0 Å². The Balaban J connectivity index is 1.78. The first-order chi connectivity index (χ1) is 12.2. The summed E-state index contributed by atoms with van der Waals surface area (Å²) >= 11 is 0. The Bertz CT molecular complexity index is 1030. The van der Waals surface area contributed by atoms with E-state index in [0.29, 0.717) is 11.6 Å². The first kappa shape index (κ1) is 15.3. The van der Waals surface area contributed by atoms with Gasteiger partial charge in [-0.1, -0.05) is 13.0 Å². The summed E-state index contributed by atoms with van der Waals surface area (Å²) in [6.07, 6.45) is 8.73. The molecule has 0 aromatic carbocycles. The molecule has 6 nitrogen and oxygen atoms in total. The van der Waals surface area contributed by atoms with Crippen LogP contribution in [-0.2, 0) is 11.2 Å². The van der Waals surface area contributed by atoms with Crippen LogP contribution in [0, 0.1) is 0 Å². The van der Waals surface area contributed by atoms with Crippen LogP contribution in [0.2, 0.25) is 0 Å². The number of hydrogen-bond acceptors (Lipinski definition) is 5. The second kappa shape index (κ2) is 5.98. The van der Waals surface area contributed by atoms with E-state index in [1.807, 2.05) is 24.3 Å². The van der Waals surface area contributed by atoms with Crippen LogP contribution in [-0.4, -0.2) is 20.9 Å². The number of carbonyl (C=O) groups is 1. The average molecular weight is 331 g/mol. The molecule has 0 radical (unpaired) electrons. The van der Waals surface area contributed by atoms with E-state index in [9.17, 15) is 4.79 Å². The van der Waals surface area contributed by atoms with Crippen LogP contribution in [0.5, 0.6) is 0 Å². The molecule has 25 heavy (non-hydrogen) atoms. The number of pyridine rings is 3. The van der Waals surface area contributed by atoms with E-state index in [1.165, 1.54) is 0 Å². The highest BCUT2D eigenvalue weighted by Crippen LogP contribution is 2.29. The number of aryl methyl sites for hydroxylation is 1. The minimum atomic E-state index is -0.102. The number of hydrogen-bond donors (Lipinski definition) is 2. The van der Waals surface area contributed by atoms with Gasteiger partial charge in [0.2, 0.25) is 0 Å². The predicted molar refractivity (Wildman–Crippen MR) is 97.9 cm³/mol. The highest BCUT2D eigenvalue weighted by atomic mass is 16.1. The van der Waals surface area contributed by atoms with Gasteiger partial charge in [0.25, 0.3) is 5.91 Å². The molecule has 0 aliphatic heterocycles. The summed E-state index contributed by atoms with van der Waals surface area (Å²) in [7, 11) is 0. The van der Waals surface area contributed by atoms with Crippen molar-refractivity contribution >= 4 is 28.3 Å². The van der Waals surface area contributed by atoms with Crippen molar-refractivity contribution < 1.29 is 4.79 Å². The molecule has 0 fully saturated rings. The summed E-state index contributed by atoms with van der Waals surface area (Å²) in [5, 5.41) is 4.44. The fourth-order valence-corrected chi connectivity index (χ4v) is 2.78. The maximum atomic E-state index is 11.9. The van der Waals surface area contributed by atoms with Crippen molar-refractivity contribution in [1.82, 2.24) is 15.0 Å². The van der Waals surface area contributed by atoms with Gasteiger partial charge in [-0.05, 0) is 42.0 Å². The summed E-state index contributed by atoms with van der Waals surface area (Å²) in [5.41, 5.74) is 9.81. The van der Waals surface area contributed by atoms with Crippen molar-refractivity contribution in [2.75, 3.05) is 11.1 Å². The maximum absolute atomic E-state index is 11.9. The SMILES string of the molecule is CCc1ccncc1-c1cc2cc(NC(=O)C3=CC3)ncc2c(N)n1. The Morgan fingerprint density at radius 2 is 2.16 bits per heavy atom. The molecule has 0 unspecified atom stereocenters. The summed E-state index contributed by atoms with van der Waals surface area (Å²) in [6, 6.07) is 5.76. The van der Waals surface area contributed by atoms with Gasteiger partial charge in [-0.3, -0.25) is 9.78 Å². The average Bonchev–Trinajstić information content (AvgIpc) is 3.46. The number of nitrogens with two attached hydrogens (primary N) is 1. The quantitative estimate of drug-likeness (QED) is 0.766. The Hall–Kier alpha value is -3.28. The molecule has 3 aromatic heterocycles. The number of carbonyl (C=O) groups excluding carboxylic acids is 1. The number of allylic oxidation sites excluding steroid dienone is 1. The number of nitrogen functional groups attached to an aromatic ring is 1. The van der Waals surface area contributed by atoms with Crippen LogP contribution in [0.3, 0.4) is 0 Å². The third-order valence-corrected chi connectivity index (χ3v) is 4.25. The second-order valence-electron chi connectivity index (χ2n) is 5.96. The molecule has 3 heterocycles. The molecule has 3 aromatic rings. The van der Waals surface area contributed by atoms with Crippen molar-refractivity contribution in [3.8, 4) is 11.3 Å². The van der Waals surface area contributed by atoms with E-state index in [2.05, 4.69) is 27.2 Å². The lowest BCUT2D eigenvalue weighted by Gasteiger charge is -2.10. The van der Waals surface area contributed by atoms with Crippen molar-refractivity contribution in [3.63, 3.8) is 0 Å². The van der Waals surface area contributed by atoms with E-state index >= 15 is 0 Å². The van der Waals surface area contributed by atoms with Gasteiger partial charge < -0.3 is 11.1 Å². The van der Waals surface area contributed by atoms with Crippen molar-refractivity contribution in [1.29, 1.82) is 0 Å². The van der Waals surface area contributed by atoms with Gasteiger partial charge in [-0.25, -0.2) is 9.97 Å². The molecule has 1 aliphatic rings. The predicted octanol–water partition coefficient (Wildman–Crippen LogP) is 3.11.